The molecule has 2 N–H and O–H groups in total. The Bertz CT molecular complexity index is 298. The lowest BCUT2D eigenvalue weighted by atomic mass is 10.0. The van der Waals surface area contributed by atoms with Crippen molar-refractivity contribution >= 4 is 5.78 Å². The van der Waals surface area contributed by atoms with Crippen LogP contribution in [-0.2, 0) is 4.74 Å². The molecule has 3 nitrogen and oxygen atoms in total. The first-order chi connectivity index (χ1) is 7.25. The molecule has 0 spiro atoms. The first-order valence-corrected chi connectivity index (χ1v) is 5.09. The predicted molar refractivity (Wildman–Crippen MR) is 59.9 cm³/mol. The minimum absolute atomic E-state index is 0.00621. The van der Waals surface area contributed by atoms with E-state index in [1.165, 1.54) is 0 Å². The summed E-state index contributed by atoms with van der Waals surface area (Å²) < 4.78 is 4.91. The fourth-order valence-electron chi connectivity index (χ4n) is 1.40. The summed E-state index contributed by atoms with van der Waals surface area (Å²) in [6.45, 7) is 0.649. The second kappa shape index (κ2) is 6.32. The number of carbonyl (C=O) groups excluding carboxylic acids is 1. The van der Waals surface area contributed by atoms with Crippen LogP contribution in [-0.4, -0.2) is 25.5 Å². The van der Waals surface area contributed by atoms with Crippen LogP contribution in [0.4, 0.5) is 0 Å². The van der Waals surface area contributed by atoms with E-state index in [1.54, 1.807) is 19.2 Å². The van der Waals surface area contributed by atoms with Crippen molar-refractivity contribution < 1.29 is 9.53 Å². The van der Waals surface area contributed by atoms with Gasteiger partial charge < -0.3 is 10.5 Å². The van der Waals surface area contributed by atoms with Gasteiger partial charge in [-0.05, 0) is 12.8 Å². The molecule has 0 aliphatic carbocycles. The third-order valence-corrected chi connectivity index (χ3v) is 2.26. The molecular weight excluding hydrogens is 190 g/mol. The Labute approximate surface area is 90.2 Å². The summed E-state index contributed by atoms with van der Waals surface area (Å²) in [5.74, 6) is 0.00621. The molecule has 1 atom stereocenters. The molecule has 0 amide bonds. The smallest absolute Gasteiger partial charge is 0.179 e. The summed E-state index contributed by atoms with van der Waals surface area (Å²) >= 11 is 0. The van der Waals surface area contributed by atoms with Crippen molar-refractivity contribution in [3.63, 3.8) is 0 Å². The van der Waals surface area contributed by atoms with Gasteiger partial charge >= 0.3 is 0 Å². The number of methoxy groups -OCH3 is 1. The van der Waals surface area contributed by atoms with Crippen molar-refractivity contribution in [3.05, 3.63) is 35.9 Å². The topological polar surface area (TPSA) is 52.3 Å². The average molecular weight is 207 g/mol. The largest absolute Gasteiger partial charge is 0.385 e. The molecule has 0 saturated heterocycles. The summed E-state index contributed by atoms with van der Waals surface area (Å²) in [4.78, 5) is 11.8. The zero-order valence-electron chi connectivity index (χ0n) is 8.98. The van der Waals surface area contributed by atoms with Crippen LogP contribution in [0.25, 0.3) is 0 Å². The Morgan fingerprint density at radius 1 is 1.40 bits per heavy atom. The zero-order valence-corrected chi connectivity index (χ0v) is 8.98. The van der Waals surface area contributed by atoms with Gasteiger partial charge in [0.1, 0.15) is 0 Å². The van der Waals surface area contributed by atoms with Crippen LogP contribution in [0.3, 0.4) is 0 Å². The third kappa shape index (κ3) is 3.81. The van der Waals surface area contributed by atoms with E-state index in [1.807, 2.05) is 18.2 Å². The molecule has 0 bridgehead atoms. The molecule has 1 aromatic rings. The van der Waals surface area contributed by atoms with Crippen molar-refractivity contribution in [1.29, 1.82) is 0 Å². The minimum Gasteiger partial charge on any atom is -0.385 e. The standard InChI is InChI=1S/C12H17NO2/c1-15-9-5-8-11(13)12(14)10-6-3-2-4-7-10/h2-4,6-7,11H,5,8-9,13H2,1H3. The number of ether oxygens (including phenoxy) is 1. The Hall–Kier alpha value is -1.19. The number of ketones is 1. The van der Waals surface area contributed by atoms with Crippen LogP contribution in [0.2, 0.25) is 0 Å². The van der Waals surface area contributed by atoms with Gasteiger partial charge in [0.05, 0.1) is 6.04 Å². The summed E-state index contributed by atoms with van der Waals surface area (Å²) in [5.41, 5.74) is 6.47. The van der Waals surface area contributed by atoms with Gasteiger partial charge in [-0.1, -0.05) is 30.3 Å². The normalized spacial score (nSPS) is 12.4. The Kier molecular flexibility index (Phi) is 5.01. The van der Waals surface area contributed by atoms with Gasteiger partial charge in [-0.25, -0.2) is 0 Å². The highest BCUT2D eigenvalue weighted by Crippen LogP contribution is 2.06. The first kappa shape index (κ1) is 11.9. The number of Topliss-reactive ketones (excluding diaryl/α,β-unsaturated/α-hetero) is 1. The summed E-state index contributed by atoms with van der Waals surface area (Å²) in [5, 5.41) is 0. The van der Waals surface area contributed by atoms with Crippen LogP contribution < -0.4 is 5.73 Å². The van der Waals surface area contributed by atoms with Gasteiger partial charge in [0, 0.05) is 19.3 Å². The molecule has 3 heteroatoms. The average Bonchev–Trinajstić information content (AvgIpc) is 2.29. The molecular formula is C12H17NO2. The maximum Gasteiger partial charge on any atom is 0.179 e. The lowest BCUT2D eigenvalue weighted by Gasteiger charge is -2.09. The summed E-state index contributed by atoms with van der Waals surface area (Å²) in [7, 11) is 1.64. The lowest BCUT2D eigenvalue weighted by Crippen LogP contribution is -2.30. The highest BCUT2D eigenvalue weighted by Gasteiger charge is 2.14. The molecule has 0 heterocycles. The van der Waals surface area contributed by atoms with E-state index in [0.717, 1.165) is 6.42 Å². The Morgan fingerprint density at radius 2 is 2.07 bits per heavy atom. The van der Waals surface area contributed by atoms with Gasteiger partial charge in [-0.3, -0.25) is 4.79 Å². The third-order valence-electron chi connectivity index (χ3n) is 2.26. The molecule has 0 fully saturated rings. The molecule has 0 aliphatic heterocycles. The summed E-state index contributed by atoms with van der Waals surface area (Å²) in [6.07, 6.45) is 1.48. The lowest BCUT2D eigenvalue weighted by molar-refractivity contribution is 0.0950. The second-order valence-corrected chi connectivity index (χ2v) is 3.47. The van der Waals surface area contributed by atoms with E-state index in [9.17, 15) is 4.79 Å². The predicted octanol–water partition coefficient (Wildman–Crippen LogP) is 1.62. The quantitative estimate of drug-likeness (QED) is 0.569. The van der Waals surface area contributed by atoms with E-state index >= 15 is 0 Å². The highest BCUT2D eigenvalue weighted by molar-refractivity contribution is 5.99. The van der Waals surface area contributed by atoms with Crippen molar-refractivity contribution in [2.45, 2.75) is 18.9 Å². The van der Waals surface area contributed by atoms with Crippen molar-refractivity contribution in [2.75, 3.05) is 13.7 Å². The molecule has 1 rings (SSSR count). The molecule has 1 aromatic carbocycles. The maximum absolute atomic E-state index is 11.8. The van der Waals surface area contributed by atoms with E-state index in [0.29, 0.717) is 18.6 Å². The number of benzene rings is 1. The Balaban J connectivity index is 2.46. The van der Waals surface area contributed by atoms with Gasteiger partial charge in [0.2, 0.25) is 0 Å². The minimum atomic E-state index is -0.414. The zero-order chi connectivity index (χ0) is 11.1. The second-order valence-electron chi connectivity index (χ2n) is 3.47. The van der Waals surface area contributed by atoms with Crippen LogP contribution in [0, 0.1) is 0 Å². The fraction of sp³-hybridized carbons (Fsp3) is 0.417. The van der Waals surface area contributed by atoms with Crippen LogP contribution in [0.15, 0.2) is 30.3 Å². The van der Waals surface area contributed by atoms with Crippen molar-refractivity contribution in [2.24, 2.45) is 5.73 Å². The highest BCUT2D eigenvalue weighted by atomic mass is 16.5. The maximum atomic E-state index is 11.8. The van der Waals surface area contributed by atoms with Crippen LogP contribution in [0.5, 0.6) is 0 Å². The van der Waals surface area contributed by atoms with E-state index in [2.05, 4.69) is 0 Å². The molecule has 0 radical (unpaired) electrons. The van der Waals surface area contributed by atoms with Gasteiger partial charge in [0.25, 0.3) is 0 Å². The molecule has 82 valence electrons. The number of nitrogens with two attached hydrogens (primary N) is 1. The number of hydrogen-bond acceptors (Lipinski definition) is 3. The molecule has 0 saturated carbocycles. The van der Waals surface area contributed by atoms with Gasteiger partial charge in [0.15, 0.2) is 5.78 Å². The van der Waals surface area contributed by atoms with Gasteiger partial charge in [-0.2, -0.15) is 0 Å². The molecule has 1 unspecified atom stereocenters. The monoisotopic (exact) mass is 207 g/mol. The van der Waals surface area contributed by atoms with Crippen molar-refractivity contribution in [3.8, 4) is 0 Å². The molecule has 15 heavy (non-hydrogen) atoms. The summed E-state index contributed by atoms with van der Waals surface area (Å²) in [6, 6.07) is 8.73. The number of rotatable bonds is 6. The van der Waals surface area contributed by atoms with Crippen LogP contribution in [0.1, 0.15) is 23.2 Å². The van der Waals surface area contributed by atoms with Crippen LogP contribution >= 0.6 is 0 Å². The van der Waals surface area contributed by atoms with E-state index in [4.69, 9.17) is 10.5 Å². The number of hydrogen-bond donors (Lipinski definition) is 1. The SMILES string of the molecule is COCCCC(N)C(=O)c1ccccc1. The van der Waals surface area contributed by atoms with Crippen molar-refractivity contribution in [1.82, 2.24) is 0 Å². The Morgan fingerprint density at radius 3 is 2.67 bits per heavy atom. The van der Waals surface area contributed by atoms with Gasteiger partial charge in [-0.15, -0.1) is 0 Å². The van der Waals surface area contributed by atoms with E-state index in [-0.39, 0.29) is 5.78 Å². The molecule has 0 aromatic heterocycles. The fourth-order valence-corrected chi connectivity index (χ4v) is 1.40. The molecule has 0 aliphatic rings. The first-order valence-electron chi connectivity index (χ1n) is 5.09. The van der Waals surface area contributed by atoms with E-state index < -0.39 is 6.04 Å². The number of carbonyl (C=O) groups is 1.